The van der Waals surface area contributed by atoms with Crippen molar-refractivity contribution in [1.82, 2.24) is 5.32 Å². The lowest BCUT2D eigenvalue weighted by atomic mass is 10.0. The quantitative estimate of drug-likeness (QED) is 0.914. The van der Waals surface area contributed by atoms with E-state index in [0.717, 1.165) is 12.3 Å². The van der Waals surface area contributed by atoms with E-state index in [4.69, 9.17) is 4.74 Å². The Kier molecular flexibility index (Phi) is 5.45. The van der Waals surface area contributed by atoms with Gasteiger partial charge in [-0.25, -0.2) is 0 Å². The summed E-state index contributed by atoms with van der Waals surface area (Å²) in [6.07, 6.45) is 2.45. The Balaban J connectivity index is 0.00000147. The third-order valence-corrected chi connectivity index (χ3v) is 3.59. The molecule has 1 aliphatic heterocycles. The highest BCUT2D eigenvalue weighted by molar-refractivity contribution is 5.85. The van der Waals surface area contributed by atoms with Gasteiger partial charge in [0.1, 0.15) is 12.4 Å². The Morgan fingerprint density at radius 2 is 1.75 bits per heavy atom. The molecule has 3 rings (SSSR count). The first-order chi connectivity index (χ1) is 9.43. The average molecular weight is 290 g/mol. The smallest absolute Gasteiger partial charge is 0.124 e. The van der Waals surface area contributed by atoms with Crippen molar-refractivity contribution in [3.8, 4) is 5.75 Å². The number of halogens is 1. The van der Waals surface area contributed by atoms with Gasteiger partial charge in [-0.3, -0.25) is 0 Å². The van der Waals surface area contributed by atoms with Gasteiger partial charge in [0.15, 0.2) is 0 Å². The van der Waals surface area contributed by atoms with Crippen molar-refractivity contribution in [3.05, 3.63) is 65.7 Å². The zero-order valence-corrected chi connectivity index (χ0v) is 12.2. The highest BCUT2D eigenvalue weighted by Gasteiger charge is 2.19. The van der Waals surface area contributed by atoms with Gasteiger partial charge < -0.3 is 10.1 Å². The van der Waals surface area contributed by atoms with Crippen molar-refractivity contribution in [3.63, 3.8) is 0 Å². The molecule has 1 fully saturated rings. The van der Waals surface area contributed by atoms with Crippen LogP contribution in [0, 0.1) is 0 Å². The van der Waals surface area contributed by atoms with Crippen LogP contribution >= 0.6 is 12.4 Å². The number of benzene rings is 2. The molecule has 1 atom stereocenters. The van der Waals surface area contributed by atoms with Gasteiger partial charge in [-0.2, -0.15) is 0 Å². The minimum Gasteiger partial charge on any atom is -0.489 e. The second kappa shape index (κ2) is 7.32. The Bertz CT molecular complexity index is 524. The fourth-order valence-corrected chi connectivity index (χ4v) is 2.59. The normalized spacial score (nSPS) is 17.5. The van der Waals surface area contributed by atoms with E-state index in [0.29, 0.717) is 12.6 Å². The molecule has 0 amide bonds. The third-order valence-electron chi connectivity index (χ3n) is 3.59. The molecular weight excluding hydrogens is 270 g/mol. The van der Waals surface area contributed by atoms with Gasteiger partial charge in [0, 0.05) is 11.6 Å². The summed E-state index contributed by atoms with van der Waals surface area (Å²) >= 11 is 0. The first-order valence-electron chi connectivity index (χ1n) is 6.92. The van der Waals surface area contributed by atoms with Crippen LogP contribution in [0.15, 0.2) is 54.6 Å². The van der Waals surface area contributed by atoms with Gasteiger partial charge in [0.05, 0.1) is 0 Å². The number of rotatable bonds is 4. The molecule has 0 spiro atoms. The molecule has 1 saturated heterocycles. The van der Waals surface area contributed by atoms with E-state index in [1.165, 1.54) is 24.0 Å². The first kappa shape index (κ1) is 14.9. The van der Waals surface area contributed by atoms with Gasteiger partial charge >= 0.3 is 0 Å². The maximum atomic E-state index is 6.00. The number of ether oxygens (including phenoxy) is 1. The molecule has 0 unspecified atom stereocenters. The summed E-state index contributed by atoms with van der Waals surface area (Å²) in [5.41, 5.74) is 2.49. The van der Waals surface area contributed by atoms with Crippen molar-refractivity contribution in [1.29, 1.82) is 0 Å². The predicted molar refractivity (Wildman–Crippen MR) is 84.4 cm³/mol. The Morgan fingerprint density at radius 1 is 1.00 bits per heavy atom. The van der Waals surface area contributed by atoms with Crippen molar-refractivity contribution in [2.75, 3.05) is 6.54 Å². The lowest BCUT2D eigenvalue weighted by molar-refractivity contribution is 0.300. The van der Waals surface area contributed by atoms with Gasteiger partial charge in [-0.05, 0) is 31.0 Å². The van der Waals surface area contributed by atoms with Crippen molar-refractivity contribution < 1.29 is 4.74 Å². The van der Waals surface area contributed by atoms with E-state index in [-0.39, 0.29) is 12.4 Å². The molecule has 0 aliphatic carbocycles. The maximum absolute atomic E-state index is 6.00. The zero-order chi connectivity index (χ0) is 12.9. The van der Waals surface area contributed by atoms with Gasteiger partial charge in [-0.1, -0.05) is 48.5 Å². The van der Waals surface area contributed by atoms with Gasteiger partial charge in [0.2, 0.25) is 0 Å². The van der Waals surface area contributed by atoms with Crippen LogP contribution in [0.2, 0.25) is 0 Å². The molecule has 0 radical (unpaired) electrons. The molecule has 0 saturated carbocycles. The van der Waals surface area contributed by atoms with Crippen LogP contribution in [0.25, 0.3) is 0 Å². The Labute approximate surface area is 126 Å². The third kappa shape index (κ3) is 3.53. The van der Waals surface area contributed by atoms with Crippen molar-refractivity contribution in [2.24, 2.45) is 0 Å². The van der Waals surface area contributed by atoms with Crippen LogP contribution in [0.1, 0.15) is 30.0 Å². The molecule has 106 valence electrons. The summed E-state index contributed by atoms with van der Waals surface area (Å²) in [6.45, 7) is 1.74. The lowest BCUT2D eigenvalue weighted by Gasteiger charge is -2.16. The summed E-state index contributed by atoms with van der Waals surface area (Å²) in [7, 11) is 0. The number of hydrogen-bond donors (Lipinski definition) is 1. The number of para-hydroxylation sites is 1. The van der Waals surface area contributed by atoms with Crippen molar-refractivity contribution in [2.45, 2.75) is 25.5 Å². The zero-order valence-electron chi connectivity index (χ0n) is 11.4. The highest BCUT2D eigenvalue weighted by Crippen LogP contribution is 2.31. The second-order valence-electron chi connectivity index (χ2n) is 4.96. The van der Waals surface area contributed by atoms with Crippen molar-refractivity contribution >= 4 is 12.4 Å². The summed E-state index contributed by atoms with van der Waals surface area (Å²) in [5, 5.41) is 3.53. The Morgan fingerprint density at radius 3 is 2.50 bits per heavy atom. The molecule has 1 heterocycles. The van der Waals surface area contributed by atoms with Crippen LogP contribution in [0.3, 0.4) is 0 Å². The molecule has 0 aromatic heterocycles. The van der Waals surface area contributed by atoms with E-state index < -0.39 is 0 Å². The molecule has 2 nitrogen and oxygen atoms in total. The van der Waals surface area contributed by atoms with Crippen LogP contribution in [-0.4, -0.2) is 6.54 Å². The molecule has 1 N–H and O–H groups in total. The van der Waals surface area contributed by atoms with E-state index >= 15 is 0 Å². The van der Waals surface area contributed by atoms with E-state index in [9.17, 15) is 0 Å². The van der Waals surface area contributed by atoms with Crippen LogP contribution in [-0.2, 0) is 6.61 Å². The minimum atomic E-state index is 0. The van der Waals surface area contributed by atoms with Crippen LogP contribution in [0.4, 0.5) is 0 Å². The molecule has 3 heteroatoms. The van der Waals surface area contributed by atoms with Crippen LogP contribution in [0.5, 0.6) is 5.75 Å². The average Bonchev–Trinajstić information content (AvgIpc) is 3.01. The minimum absolute atomic E-state index is 0. The van der Waals surface area contributed by atoms with E-state index in [1.54, 1.807) is 0 Å². The maximum Gasteiger partial charge on any atom is 0.124 e. The Hall–Kier alpha value is -1.51. The molecule has 2 aromatic rings. The topological polar surface area (TPSA) is 21.3 Å². The number of hydrogen-bond acceptors (Lipinski definition) is 2. The summed E-state index contributed by atoms with van der Waals surface area (Å²) in [5.74, 6) is 1.01. The standard InChI is InChI=1S/C17H19NO.ClH/c1-2-7-14(8-3-1)13-19-17-11-5-4-9-15(17)16-10-6-12-18-16;/h1-5,7-9,11,16,18H,6,10,12-13H2;1H/t16-;/m1./s1. The van der Waals surface area contributed by atoms with E-state index in [2.05, 4.69) is 35.6 Å². The molecule has 0 bridgehead atoms. The lowest BCUT2D eigenvalue weighted by Crippen LogP contribution is -2.14. The molecule has 1 aliphatic rings. The number of nitrogens with one attached hydrogen (secondary N) is 1. The summed E-state index contributed by atoms with van der Waals surface area (Å²) in [6, 6.07) is 19.1. The fraction of sp³-hybridized carbons (Fsp3) is 0.294. The first-order valence-corrected chi connectivity index (χ1v) is 6.92. The van der Waals surface area contributed by atoms with Crippen LogP contribution < -0.4 is 10.1 Å². The summed E-state index contributed by atoms with van der Waals surface area (Å²) in [4.78, 5) is 0. The SMILES string of the molecule is Cl.c1ccc(COc2ccccc2[C@H]2CCCN2)cc1. The highest BCUT2D eigenvalue weighted by atomic mass is 35.5. The van der Waals surface area contributed by atoms with Gasteiger partial charge in [0.25, 0.3) is 0 Å². The summed E-state index contributed by atoms with van der Waals surface area (Å²) < 4.78 is 6.00. The fourth-order valence-electron chi connectivity index (χ4n) is 2.59. The molecule has 20 heavy (non-hydrogen) atoms. The predicted octanol–water partition coefficient (Wildman–Crippen LogP) is 4.11. The second-order valence-corrected chi connectivity index (χ2v) is 4.96. The van der Waals surface area contributed by atoms with Gasteiger partial charge in [-0.15, -0.1) is 12.4 Å². The van der Waals surface area contributed by atoms with E-state index in [1.807, 2.05) is 24.3 Å². The molecule has 2 aromatic carbocycles. The largest absolute Gasteiger partial charge is 0.489 e. The molecular formula is C17H20ClNO. The monoisotopic (exact) mass is 289 g/mol.